The van der Waals surface area contributed by atoms with Crippen LogP contribution in [0.4, 0.5) is 11.5 Å². The number of pyridine rings is 1. The first kappa shape index (κ1) is 23.7. The van der Waals surface area contributed by atoms with E-state index in [1.807, 2.05) is 31.6 Å². The predicted octanol–water partition coefficient (Wildman–Crippen LogP) is 3.91. The third-order valence-electron chi connectivity index (χ3n) is 8.41. The van der Waals surface area contributed by atoms with Gasteiger partial charge >= 0.3 is 0 Å². The monoisotopic (exact) mass is 508 g/mol. The van der Waals surface area contributed by atoms with E-state index in [0.717, 1.165) is 72.9 Å². The van der Waals surface area contributed by atoms with Gasteiger partial charge in [0.25, 0.3) is 0 Å². The highest BCUT2D eigenvalue weighted by Crippen LogP contribution is 2.54. The van der Waals surface area contributed by atoms with Crippen molar-refractivity contribution in [3.05, 3.63) is 47.4 Å². The molecule has 2 aromatic heterocycles. The van der Waals surface area contributed by atoms with Crippen LogP contribution in [0.15, 0.2) is 36.8 Å². The highest BCUT2D eigenvalue weighted by Gasteiger charge is 2.53. The number of aryl methyl sites for hydroxylation is 1. The van der Waals surface area contributed by atoms with E-state index in [9.17, 15) is 4.79 Å². The Morgan fingerprint density at radius 2 is 1.97 bits per heavy atom. The molecule has 3 aliphatic rings. The fourth-order valence-corrected chi connectivity index (χ4v) is 6.35. The van der Waals surface area contributed by atoms with Gasteiger partial charge in [-0.05, 0) is 48.4 Å². The maximum Gasteiger partial charge on any atom is 0.229 e. The third kappa shape index (κ3) is 4.25. The van der Waals surface area contributed by atoms with Crippen LogP contribution in [0, 0.1) is 11.8 Å². The summed E-state index contributed by atoms with van der Waals surface area (Å²) in [7, 11) is 1.90. The summed E-state index contributed by atoms with van der Waals surface area (Å²) in [6, 6.07) is 6.06. The number of aromatic nitrogens is 3. The van der Waals surface area contributed by atoms with Gasteiger partial charge < -0.3 is 15.0 Å². The van der Waals surface area contributed by atoms with E-state index in [1.165, 1.54) is 0 Å². The Morgan fingerprint density at radius 3 is 2.67 bits per heavy atom. The standard InChI is InChI=1S/C27H33ClN6O2/c1-17-24(20-14-30-32(3)15-20)25(17)26(35)31-23-12-18-11-22(21(28)10-19(18)13-29-23)33-5-7-34(8-6-33)27(2)4-9-36-16-27/h10-15,17,24-25H,4-9,16H2,1-3H3,(H,29,31,35). The minimum Gasteiger partial charge on any atom is -0.379 e. The normalized spacial score (nSPS) is 28.6. The number of nitrogens with one attached hydrogen (secondary N) is 1. The fourth-order valence-electron chi connectivity index (χ4n) is 6.05. The number of halogens is 1. The van der Waals surface area contributed by atoms with Crippen molar-refractivity contribution in [2.24, 2.45) is 18.9 Å². The van der Waals surface area contributed by atoms with Gasteiger partial charge in [-0.25, -0.2) is 4.98 Å². The van der Waals surface area contributed by atoms with Gasteiger partial charge in [-0.1, -0.05) is 18.5 Å². The van der Waals surface area contributed by atoms with Gasteiger partial charge in [0.15, 0.2) is 0 Å². The van der Waals surface area contributed by atoms with Crippen molar-refractivity contribution in [1.82, 2.24) is 19.7 Å². The van der Waals surface area contributed by atoms with Crippen LogP contribution in [0.1, 0.15) is 31.7 Å². The number of rotatable bonds is 5. The minimum absolute atomic E-state index is 0.0119. The van der Waals surface area contributed by atoms with Crippen molar-refractivity contribution < 1.29 is 9.53 Å². The molecule has 0 spiro atoms. The lowest BCUT2D eigenvalue weighted by Gasteiger charge is -2.44. The second-order valence-electron chi connectivity index (χ2n) is 10.8. The zero-order chi connectivity index (χ0) is 25.0. The molecule has 8 nitrogen and oxygen atoms in total. The number of fused-ring (bicyclic) bond motifs is 1. The van der Waals surface area contributed by atoms with Gasteiger partial charge in [0.1, 0.15) is 5.82 Å². The lowest BCUT2D eigenvalue weighted by atomic mass is 9.98. The van der Waals surface area contributed by atoms with E-state index in [2.05, 4.69) is 45.1 Å². The number of benzene rings is 1. The largest absolute Gasteiger partial charge is 0.379 e. The summed E-state index contributed by atoms with van der Waals surface area (Å²) >= 11 is 6.71. The molecule has 4 unspecified atom stereocenters. The van der Waals surface area contributed by atoms with Gasteiger partial charge in [0.2, 0.25) is 5.91 Å². The van der Waals surface area contributed by atoms with Crippen LogP contribution < -0.4 is 10.2 Å². The molecule has 2 saturated heterocycles. The number of ether oxygens (including phenoxy) is 1. The average molecular weight is 509 g/mol. The Bertz CT molecular complexity index is 1290. The van der Waals surface area contributed by atoms with E-state index in [0.29, 0.717) is 5.82 Å². The molecular weight excluding hydrogens is 476 g/mol. The fraction of sp³-hybridized carbons (Fsp3) is 0.519. The maximum atomic E-state index is 13.0. The quantitative estimate of drug-likeness (QED) is 0.563. The van der Waals surface area contributed by atoms with Gasteiger partial charge in [-0.15, -0.1) is 0 Å². The second-order valence-corrected chi connectivity index (χ2v) is 11.2. The molecule has 4 heterocycles. The van der Waals surface area contributed by atoms with Crippen molar-refractivity contribution in [3.8, 4) is 0 Å². The van der Waals surface area contributed by atoms with Gasteiger partial charge in [0.05, 0.1) is 23.5 Å². The molecule has 1 N–H and O–H groups in total. The molecule has 190 valence electrons. The molecule has 2 aliphatic heterocycles. The number of amides is 1. The van der Waals surface area contributed by atoms with Crippen LogP contribution in [0.2, 0.25) is 5.02 Å². The van der Waals surface area contributed by atoms with Crippen molar-refractivity contribution in [2.75, 3.05) is 49.6 Å². The summed E-state index contributed by atoms with van der Waals surface area (Å²) in [6.45, 7) is 9.91. The first-order valence-electron chi connectivity index (χ1n) is 12.8. The van der Waals surface area contributed by atoms with E-state index in [4.69, 9.17) is 16.3 Å². The highest BCUT2D eigenvalue weighted by molar-refractivity contribution is 6.34. The predicted molar refractivity (Wildman–Crippen MR) is 142 cm³/mol. The van der Waals surface area contributed by atoms with Crippen LogP contribution in [0.25, 0.3) is 10.8 Å². The molecule has 3 fully saturated rings. The van der Waals surface area contributed by atoms with Crippen molar-refractivity contribution in [2.45, 2.75) is 31.7 Å². The smallest absolute Gasteiger partial charge is 0.229 e. The van der Waals surface area contributed by atoms with Crippen molar-refractivity contribution in [3.63, 3.8) is 0 Å². The molecule has 6 rings (SSSR count). The maximum absolute atomic E-state index is 13.0. The minimum atomic E-state index is -0.0594. The number of piperazine rings is 1. The molecule has 1 aromatic carbocycles. The molecule has 9 heteroatoms. The second kappa shape index (κ2) is 9.01. The summed E-state index contributed by atoms with van der Waals surface area (Å²) < 4.78 is 7.45. The van der Waals surface area contributed by atoms with Crippen LogP contribution in [0.5, 0.6) is 0 Å². The molecule has 0 bridgehead atoms. The first-order chi connectivity index (χ1) is 17.3. The average Bonchev–Trinajstić information content (AvgIpc) is 3.15. The zero-order valence-corrected chi connectivity index (χ0v) is 21.8. The summed E-state index contributed by atoms with van der Waals surface area (Å²) in [4.78, 5) is 22.4. The Balaban J connectivity index is 1.16. The molecule has 1 aliphatic carbocycles. The van der Waals surface area contributed by atoms with Gasteiger partial charge in [-0.3, -0.25) is 14.4 Å². The Hall–Kier alpha value is -2.68. The van der Waals surface area contributed by atoms with Crippen molar-refractivity contribution in [1.29, 1.82) is 0 Å². The molecule has 4 atom stereocenters. The SMILES string of the molecule is CC1C(C(=O)Nc2cc3cc(N4CCN(C5(C)CCOC5)CC4)c(Cl)cc3cn2)C1c1cnn(C)c1. The lowest BCUT2D eigenvalue weighted by molar-refractivity contribution is -0.117. The van der Waals surface area contributed by atoms with Gasteiger partial charge in [0, 0.05) is 75.0 Å². The molecule has 0 radical (unpaired) electrons. The lowest BCUT2D eigenvalue weighted by Crippen LogP contribution is -2.56. The first-order valence-corrected chi connectivity index (χ1v) is 13.2. The molecule has 3 aromatic rings. The van der Waals surface area contributed by atoms with E-state index < -0.39 is 0 Å². The Labute approximate surface area is 216 Å². The Kier molecular flexibility index (Phi) is 5.93. The number of carbonyl (C=O) groups is 1. The van der Waals surface area contributed by atoms with Crippen LogP contribution >= 0.6 is 11.6 Å². The zero-order valence-electron chi connectivity index (χ0n) is 21.1. The number of hydrogen-bond donors (Lipinski definition) is 1. The van der Waals surface area contributed by atoms with E-state index >= 15 is 0 Å². The molecule has 36 heavy (non-hydrogen) atoms. The number of hydrogen-bond acceptors (Lipinski definition) is 6. The van der Waals surface area contributed by atoms with Gasteiger partial charge in [-0.2, -0.15) is 5.10 Å². The molecular formula is C27H33ClN6O2. The molecule has 1 saturated carbocycles. The third-order valence-corrected chi connectivity index (χ3v) is 8.71. The number of carbonyl (C=O) groups excluding carboxylic acids is 1. The number of nitrogens with zero attached hydrogens (tertiary/aromatic N) is 5. The summed E-state index contributed by atoms with van der Waals surface area (Å²) in [5, 5.41) is 10.0. The number of anilines is 2. The summed E-state index contributed by atoms with van der Waals surface area (Å²) in [5.74, 6) is 1.02. The summed E-state index contributed by atoms with van der Waals surface area (Å²) in [6.07, 6.45) is 6.73. The van der Waals surface area contributed by atoms with Crippen molar-refractivity contribution >= 4 is 39.8 Å². The summed E-state index contributed by atoms with van der Waals surface area (Å²) in [5.41, 5.74) is 2.30. The Morgan fingerprint density at radius 1 is 1.17 bits per heavy atom. The topological polar surface area (TPSA) is 75.5 Å². The molecule has 1 amide bonds. The van der Waals surface area contributed by atoms with E-state index in [-0.39, 0.29) is 29.2 Å². The van der Waals surface area contributed by atoms with Crippen LogP contribution in [-0.4, -0.2) is 70.5 Å². The van der Waals surface area contributed by atoms with Crippen LogP contribution in [-0.2, 0) is 16.6 Å². The highest BCUT2D eigenvalue weighted by atomic mass is 35.5. The van der Waals surface area contributed by atoms with Crippen LogP contribution in [0.3, 0.4) is 0 Å². The van der Waals surface area contributed by atoms with E-state index in [1.54, 1.807) is 10.9 Å².